The molecule has 0 aliphatic heterocycles. The molecule has 6 nitrogen and oxygen atoms in total. The smallest absolute Gasteiger partial charge is 0.307 e. The fourth-order valence-electron chi connectivity index (χ4n) is 2.18. The van der Waals surface area contributed by atoms with Crippen molar-refractivity contribution in [3.8, 4) is 0 Å². The van der Waals surface area contributed by atoms with E-state index in [-0.39, 0.29) is 18.4 Å². The number of carbonyl (C=O) groups excluding carboxylic acids is 1. The number of hydrogen-bond acceptors (Lipinski definition) is 4. The molecule has 1 aliphatic carbocycles. The summed E-state index contributed by atoms with van der Waals surface area (Å²) in [5, 5.41) is 9.02. The number of methoxy groups -OCH3 is 1. The summed E-state index contributed by atoms with van der Waals surface area (Å²) in [7, 11) is 1.53. The summed E-state index contributed by atoms with van der Waals surface area (Å²) < 4.78 is 4.76. The van der Waals surface area contributed by atoms with E-state index >= 15 is 0 Å². The molecule has 2 N–H and O–H groups in total. The Morgan fingerprint density at radius 1 is 1.29 bits per heavy atom. The van der Waals surface area contributed by atoms with Crippen LogP contribution in [-0.2, 0) is 19.2 Å². The van der Waals surface area contributed by atoms with Gasteiger partial charge in [0.2, 0.25) is 5.91 Å². The van der Waals surface area contributed by atoms with Crippen LogP contribution in [0.1, 0.15) is 19.8 Å². The molecule has 17 heavy (non-hydrogen) atoms. The summed E-state index contributed by atoms with van der Waals surface area (Å²) in [6.07, 6.45) is 1.14. The van der Waals surface area contributed by atoms with Crippen LogP contribution in [0.25, 0.3) is 0 Å². The molecule has 0 aromatic carbocycles. The van der Waals surface area contributed by atoms with Crippen molar-refractivity contribution in [2.45, 2.75) is 19.8 Å². The minimum Gasteiger partial charge on any atom is -0.481 e. The molecule has 1 amide bonds. The predicted molar refractivity (Wildman–Crippen MR) is 59.0 cm³/mol. The van der Waals surface area contributed by atoms with Crippen LogP contribution >= 0.6 is 0 Å². The average molecular weight is 245 g/mol. The lowest BCUT2D eigenvalue weighted by Crippen LogP contribution is -2.35. The number of carboxylic acid groups (broad SMARTS) is 1. The Balaban J connectivity index is 2.41. The highest BCUT2D eigenvalue weighted by Gasteiger charge is 2.41. The highest BCUT2D eigenvalue weighted by atomic mass is 16.7. The second-order valence-corrected chi connectivity index (χ2v) is 4.44. The Kier molecular flexibility index (Phi) is 5.37. The summed E-state index contributed by atoms with van der Waals surface area (Å²) in [6.45, 7) is 2.58. The molecule has 3 unspecified atom stereocenters. The van der Waals surface area contributed by atoms with E-state index in [9.17, 15) is 9.59 Å². The molecule has 98 valence electrons. The van der Waals surface area contributed by atoms with Crippen LogP contribution in [0.4, 0.5) is 0 Å². The van der Waals surface area contributed by atoms with E-state index in [1.807, 2.05) is 6.92 Å². The minimum atomic E-state index is -0.911. The standard InChI is InChI=1S/C11H19NO5/c1-7-5-8(9(6-7)11(14)15)10(13)12-17-4-3-16-2/h7-9H,3-6H2,1-2H3,(H,12,13)(H,14,15). The van der Waals surface area contributed by atoms with Crippen LogP contribution in [0.15, 0.2) is 0 Å². The van der Waals surface area contributed by atoms with Gasteiger partial charge in [-0.3, -0.25) is 14.4 Å². The zero-order valence-electron chi connectivity index (χ0n) is 10.1. The molecule has 0 aromatic rings. The van der Waals surface area contributed by atoms with Crippen LogP contribution in [0.3, 0.4) is 0 Å². The summed E-state index contributed by atoms with van der Waals surface area (Å²) in [6, 6.07) is 0. The van der Waals surface area contributed by atoms with E-state index in [2.05, 4.69) is 5.48 Å². The lowest BCUT2D eigenvalue weighted by Gasteiger charge is -2.15. The van der Waals surface area contributed by atoms with Crippen molar-refractivity contribution in [1.82, 2.24) is 5.48 Å². The second-order valence-electron chi connectivity index (χ2n) is 4.44. The van der Waals surface area contributed by atoms with Gasteiger partial charge in [-0.15, -0.1) is 0 Å². The largest absolute Gasteiger partial charge is 0.481 e. The van der Waals surface area contributed by atoms with Crippen LogP contribution in [-0.4, -0.2) is 37.3 Å². The normalized spacial score (nSPS) is 28.0. The van der Waals surface area contributed by atoms with Crippen molar-refractivity contribution in [2.75, 3.05) is 20.3 Å². The molecule has 3 atom stereocenters. The Morgan fingerprint density at radius 3 is 2.53 bits per heavy atom. The van der Waals surface area contributed by atoms with Crippen LogP contribution in [0.5, 0.6) is 0 Å². The number of carboxylic acids is 1. The monoisotopic (exact) mass is 245 g/mol. The number of hydrogen-bond donors (Lipinski definition) is 2. The maximum atomic E-state index is 11.7. The number of rotatable bonds is 6. The first kappa shape index (κ1) is 13.9. The molecule has 0 aromatic heterocycles. The third kappa shape index (κ3) is 3.98. The van der Waals surface area contributed by atoms with Gasteiger partial charge in [0.25, 0.3) is 0 Å². The van der Waals surface area contributed by atoms with Crippen molar-refractivity contribution in [2.24, 2.45) is 17.8 Å². The molecule has 0 radical (unpaired) electrons. The maximum absolute atomic E-state index is 11.7. The van der Waals surface area contributed by atoms with Gasteiger partial charge in [-0.2, -0.15) is 0 Å². The van der Waals surface area contributed by atoms with Crippen molar-refractivity contribution >= 4 is 11.9 Å². The van der Waals surface area contributed by atoms with Crippen LogP contribution in [0, 0.1) is 17.8 Å². The average Bonchev–Trinajstić information content (AvgIpc) is 2.66. The fourth-order valence-corrected chi connectivity index (χ4v) is 2.18. The Bertz CT molecular complexity index is 281. The first-order chi connectivity index (χ1) is 8.06. The zero-order valence-corrected chi connectivity index (χ0v) is 10.1. The third-order valence-corrected chi connectivity index (χ3v) is 3.01. The van der Waals surface area contributed by atoms with Crippen molar-refractivity contribution in [1.29, 1.82) is 0 Å². The van der Waals surface area contributed by atoms with E-state index in [1.165, 1.54) is 7.11 Å². The molecule has 0 heterocycles. The first-order valence-electron chi connectivity index (χ1n) is 5.69. The van der Waals surface area contributed by atoms with E-state index in [1.54, 1.807) is 0 Å². The summed E-state index contributed by atoms with van der Waals surface area (Å²) >= 11 is 0. The number of carbonyl (C=O) groups is 2. The van der Waals surface area contributed by atoms with Gasteiger partial charge in [-0.1, -0.05) is 6.92 Å². The molecule has 0 bridgehead atoms. The molecule has 0 spiro atoms. The Hall–Kier alpha value is -1.14. The van der Waals surface area contributed by atoms with Crippen molar-refractivity contribution < 1.29 is 24.3 Å². The van der Waals surface area contributed by atoms with Crippen molar-refractivity contribution in [3.63, 3.8) is 0 Å². The lowest BCUT2D eigenvalue weighted by atomic mass is 9.96. The molecular weight excluding hydrogens is 226 g/mol. The summed E-state index contributed by atoms with van der Waals surface area (Å²) in [5.41, 5.74) is 2.28. The lowest BCUT2D eigenvalue weighted by molar-refractivity contribution is -0.150. The quantitative estimate of drug-likeness (QED) is 0.523. The van der Waals surface area contributed by atoms with Gasteiger partial charge < -0.3 is 9.84 Å². The van der Waals surface area contributed by atoms with Gasteiger partial charge in [0.05, 0.1) is 25.0 Å². The van der Waals surface area contributed by atoms with Crippen molar-refractivity contribution in [3.05, 3.63) is 0 Å². The van der Waals surface area contributed by atoms with E-state index in [0.29, 0.717) is 19.4 Å². The first-order valence-corrected chi connectivity index (χ1v) is 5.69. The second kappa shape index (κ2) is 6.56. The molecule has 1 fully saturated rings. The molecule has 1 aliphatic rings. The topological polar surface area (TPSA) is 84.9 Å². The third-order valence-electron chi connectivity index (χ3n) is 3.01. The van der Waals surface area contributed by atoms with E-state index < -0.39 is 17.8 Å². The zero-order chi connectivity index (χ0) is 12.8. The Morgan fingerprint density at radius 2 is 1.94 bits per heavy atom. The number of ether oxygens (including phenoxy) is 1. The number of aliphatic carboxylic acids is 1. The minimum absolute atomic E-state index is 0.252. The summed E-state index contributed by atoms with van der Waals surface area (Å²) in [4.78, 5) is 27.6. The van der Waals surface area contributed by atoms with Gasteiger partial charge in [0, 0.05) is 7.11 Å². The molecule has 1 saturated carbocycles. The predicted octanol–water partition coefficient (Wildman–Crippen LogP) is 0.427. The maximum Gasteiger partial charge on any atom is 0.307 e. The van der Waals surface area contributed by atoms with Crippen LogP contribution < -0.4 is 5.48 Å². The van der Waals surface area contributed by atoms with Gasteiger partial charge in [0.1, 0.15) is 0 Å². The molecular formula is C11H19NO5. The van der Waals surface area contributed by atoms with Gasteiger partial charge in [-0.05, 0) is 18.8 Å². The number of amides is 1. The van der Waals surface area contributed by atoms with E-state index in [4.69, 9.17) is 14.7 Å². The SMILES string of the molecule is COCCONC(=O)C1CC(C)CC1C(=O)O. The fraction of sp³-hybridized carbons (Fsp3) is 0.818. The molecule has 0 saturated heterocycles. The van der Waals surface area contributed by atoms with Gasteiger partial charge in [-0.25, -0.2) is 5.48 Å². The number of nitrogens with one attached hydrogen (secondary N) is 1. The number of hydroxylamine groups is 1. The highest BCUT2D eigenvalue weighted by molar-refractivity contribution is 5.84. The summed E-state index contributed by atoms with van der Waals surface area (Å²) in [5.74, 6) is -2.10. The van der Waals surface area contributed by atoms with E-state index in [0.717, 1.165) is 0 Å². The highest BCUT2D eigenvalue weighted by Crippen LogP contribution is 2.36. The van der Waals surface area contributed by atoms with Gasteiger partial charge in [0.15, 0.2) is 0 Å². The Labute approximate surface area is 100 Å². The molecule has 1 rings (SSSR count). The van der Waals surface area contributed by atoms with Gasteiger partial charge >= 0.3 is 5.97 Å². The molecule has 6 heteroatoms. The van der Waals surface area contributed by atoms with Crippen LogP contribution in [0.2, 0.25) is 0 Å².